The molecule has 1 aliphatic rings. The van der Waals surface area contributed by atoms with Crippen LogP contribution in [0.25, 0.3) is 10.2 Å². The molecule has 0 atom stereocenters. The number of anilines is 1. The van der Waals surface area contributed by atoms with Crippen molar-refractivity contribution in [2.24, 2.45) is 0 Å². The van der Waals surface area contributed by atoms with Crippen LogP contribution in [0.1, 0.15) is 16.1 Å². The highest BCUT2D eigenvalue weighted by atomic mass is 32.1. The van der Waals surface area contributed by atoms with Gasteiger partial charge in [-0.05, 0) is 48.5 Å². The maximum absolute atomic E-state index is 13.6. The maximum atomic E-state index is 13.6. The van der Waals surface area contributed by atoms with Gasteiger partial charge in [0.05, 0.1) is 22.5 Å². The summed E-state index contributed by atoms with van der Waals surface area (Å²) >= 11 is 1.26. The first-order valence-electron chi connectivity index (χ1n) is 9.35. The molecule has 5 rings (SSSR count). The number of carbonyl (C=O) groups excluding carboxylic acids is 1. The van der Waals surface area contributed by atoms with Gasteiger partial charge in [0.15, 0.2) is 16.6 Å². The van der Waals surface area contributed by atoms with Crippen LogP contribution in [-0.4, -0.2) is 29.1 Å². The number of aromatic nitrogens is 2. The molecule has 4 aromatic rings. The highest BCUT2D eigenvalue weighted by Gasteiger charge is 2.24. The van der Waals surface area contributed by atoms with Crippen LogP contribution >= 0.6 is 11.3 Å². The zero-order valence-electron chi connectivity index (χ0n) is 15.7. The van der Waals surface area contributed by atoms with Crippen LogP contribution in [0.2, 0.25) is 0 Å². The molecule has 0 fully saturated rings. The number of amides is 1. The molecule has 0 saturated heterocycles. The Labute approximate surface area is 175 Å². The van der Waals surface area contributed by atoms with E-state index >= 15 is 0 Å². The standard InChI is InChI=1S/C22H16FN3O3S/c23-15-5-6-17-20(12-15)30-22(25-17)26(13-16-3-1-2-8-24-16)21(27)14-4-7-18-19(11-14)29-10-9-28-18/h1-8,11-12H,9-10,13H2. The smallest absolute Gasteiger partial charge is 0.260 e. The van der Waals surface area contributed by atoms with Crippen molar-refractivity contribution >= 4 is 32.6 Å². The van der Waals surface area contributed by atoms with Gasteiger partial charge < -0.3 is 9.47 Å². The second kappa shape index (κ2) is 7.72. The van der Waals surface area contributed by atoms with Crippen molar-refractivity contribution in [3.8, 4) is 11.5 Å². The first-order valence-corrected chi connectivity index (χ1v) is 10.2. The van der Waals surface area contributed by atoms with E-state index in [-0.39, 0.29) is 18.3 Å². The van der Waals surface area contributed by atoms with Crippen LogP contribution in [0, 0.1) is 5.82 Å². The van der Waals surface area contributed by atoms with E-state index in [0.29, 0.717) is 51.3 Å². The Morgan fingerprint density at radius 3 is 2.77 bits per heavy atom. The third-order valence-electron chi connectivity index (χ3n) is 4.65. The third kappa shape index (κ3) is 3.57. The normalized spacial score (nSPS) is 12.7. The van der Waals surface area contributed by atoms with Gasteiger partial charge in [-0.3, -0.25) is 14.7 Å². The second-order valence-electron chi connectivity index (χ2n) is 6.68. The molecule has 8 heteroatoms. The van der Waals surface area contributed by atoms with Gasteiger partial charge in [0.1, 0.15) is 19.0 Å². The molecular formula is C22H16FN3O3S. The van der Waals surface area contributed by atoms with Crippen LogP contribution in [0.3, 0.4) is 0 Å². The van der Waals surface area contributed by atoms with Crippen LogP contribution in [0.5, 0.6) is 11.5 Å². The fraction of sp³-hybridized carbons (Fsp3) is 0.136. The largest absolute Gasteiger partial charge is 0.486 e. The Balaban J connectivity index is 1.55. The van der Waals surface area contributed by atoms with Crippen LogP contribution < -0.4 is 14.4 Å². The van der Waals surface area contributed by atoms with Gasteiger partial charge in [-0.1, -0.05) is 17.4 Å². The molecule has 1 aliphatic heterocycles. The van der Waals surface area contributed by atoms with E-state index in [1.54, 1.807) is 35.4 Å². The van der Waals surface area contributed by atoms with Crippen molar-refractivity contribution < 1.29 is 18.7 Å². The van der Waals surface area contributed by atoms with Crippen LogP contribution in [-0.2, 0) is 6.54 Å². The Bertz CT molecular complexity index is 1230. The number of hydrogen-bond donors (Lipinski definition) is 0. The summed E-state index contributed by atoms with van der Waals surface area (Å²) in [7, 11) is 0. The lowest BCUT2D eigenvalue weighted by molar-refractivity contribution is 0.0983. The average molecular weight is 421 g/mol. The monoisotopic (exact) mass is 421 g/mol. The molecule has 2 aromatic heterocycles. The number of benzene rings is 2. The predicted octanol–water partition coefficient (Wildman–Crippen LogP) is 4.45. The lowest BCUT2D eigenvalue weighted by Gasteiger charge is -2.22. The minimum atomic E-state index is -0.341. The van der Waals surface area contributed by atoms with E-state index in [1.165, 1.54) is 23.5 Å². The molecule has 0 aliphatic carbocycles. The number of hydrogen-bond acceptors (Lipinski definition) is 6. The number of rotatable bonds is 4. The highest BCUT2D eigenvalue weighted by molar-refractivity contribution is 7.22. The van der Waals surface area contributed by atoms with Crippen molar-refractivity contribution in [3.63, 3.8) is 0 Å². The van der Waals surface area contributed by atoms with Gasteiger partial charge in [0.25, 0.3) is 5.91 Å². The lowest BCUT2D eigenvalue weighted by Crippen LogP contribution is -2.31. The topological polar surface area (TPSA) is 64.6 Å². The average Bonchev–Trinajstić information content (AvgIpc) is 3.20. The fourth-order valence-corrected chi connectivity index (χ4v) is 4.20. The van der Waals surface area contributed by atoms with Gasteiger partial charge in [-0.25, -0.2) is 9.37 Å². The zero-order chi connectivity index (χ0) is 20.5. The van der Waals surface area contributed by atoms with Gasteiger partial charge >= 0.3 is 0 Å². The molecule has 0 bridgehead atoms. The van der Waals surface area contributed by atoms with Crippen molar-refractivity contribution in [2.75, 3.05) is 18.1 Å². The molecule has 30 heavy (non-hydrogen) atoms. The maximum Gasteiger partial charge on any atom is 0.260 e. The summed E-state index contributed by atoms with van der Waals surface area (Å²) in [5.41, 5.74) is 1.80. The van der Waals surface area contributed by atoms with Gasteiger partial charge in [-0.15, -0.1) is 0 Å². The van der Waals surface area contributed by atoms with Crippen LogP contribution in [0.4, 0.5) is 9.52 Å². The highest BCUT2D eigenvalue weighted by Crippen LogP contribution is 2.34. The minimum Gasteiger partial charge on any atom is -0.486 e. The first kappa shape index (κ1) is 18.5. The molecule has 6 nitrogen and oxygen atoms in total. The van der Waals surface area contributed by atoms with E-state index in [9.17, 15) is 9.18 Å². The SMILES string of the molecule is O=C(c1ccc2c(c1)OCCO2)N(Cc1ccccn1)c1nc2ccc(F)cc2s1. The van der Waals surface area contributed by atoms with E-state index in [0.717, 1.165) is 0 Å². The molecule has 1 amide bonds. The number of nitrogens with zero attached hydrogens (tertiary/aromatic N) is 3. The Hall–Kier alpha value is -3.52. The summed E-state index contributed by atoms with van der Waals surface area (Å²) in [6.07, 6.45) is 1.68. The van der Waals surface area contributed by atoms with Crippen molar-refractivity contribution in [1.29, 1.82) is 0 Å². The molecule has 0 spiro atoms. The molecule has 2 aromatic carbocycles. The number of ether oxygens (including phenoxy) is 2. The van der Waals surface area contributed by atoms with E-state index in [4.69, 9.17) is 9.47 Å². The van der Waals surface area contributed by atoms with Gasteiger partial charge in [0.2, 0.25) is 0 Å². The number of fused-ring (bicyclic) bond motifs is 2. The predicted molar refractivity (Wildman–Crippen MR) is 112 cm³/mol. The van der Waals surface area contributed by atoms with Crippen molar-refractivity contribution in [2.45, 2.75) is 6.54 Å². The van der Waals surface area contributed by atoms with E-state index in [1.807, 2.05) is 18.2 Å². The van der Waals surface area contributed by atoms with E-state index in [2.05, 4.69) is 9.97 Å². The summed E-state index contributed by atoms with van der Waals surface area (Å²) in [6, 6.07) is 15.0. The van der Waals surface area contributed by atoms with Gasteiger partial charge in [-0.2, -0.15) is 0 Å². The van der Waals surface area contributed by atoms with Crippen LogP contribution in [0.15, 0.2) is 60.8 Å². The quantitative estimate of drug-likeness (QED) is 0.487. The molecule has 0 saturated carbocycles. The summed E-state index contributed by atoms with van der Waals surface area (Å²) in [5.74, 6) is 0.560. The summed E-state index contributed by atoms with van der Waals surface area (Å²) in [5, 5.41) is 0.473. The fourth-order valence-electron chi connectivity index (χ4n) is 3.21. The van der Waals surface area contributed by atoms with Crippen molar-refractivity contribution in [3.05, 3.63) is 77.9 Å². The van der Waals surface area contributed by atoms with Gasteiger partial charge in [0, 0.05) is 11.8 Å². The molecule has 3 heterocycles. The Morgan fingerprint density at radius 2 is 1.93 bits per heavy atom. The molecule has 0 radical (unpaired) electrons. The number of carbonyl (C=O) groups is 1. The summed E-state index contributed by atoms with van der Waals surface area (Å²) in [4.78, 5) is 23.9. The van der Waals surface area contributed by atoms with Crippen molar-refractivity contribution in [1.82, 2.24) is 9.97 Å². The zero-order valence-corrected chi connectivity index (χ0v) is 16.6. The number of pyridine rings is 1. The first-order chi connectivity index (χ1) is 14.7. The second-order valence-corrected chi connectivity index (χ2v) is 7.69. The van der Waals surface area contributed by atoms with E-state index < -0.39 is 0 Å². The lowest BCUT2D eigenvalue weighted by atomic mass is 10.1. The number of halogens is 1. The molecular weight excluding hydrogens is 405 g/mol. The third-order valence-corrected chi connectivity index (χ3v) is 5.69. The molecule has 0 N–H and O–H groups in total. The summed E-state index contributed by atoms with van der Waals surface area (Å²) in [6.45, 7) is 1.15. The summed E-state index contributed by atoms with van der Waals surface area (Å²) < 4.78 is 25.5. The Kier molecular flexibility index (Phi) is 4.76. The number of thiazole rings is 1. The minimum absolute atomic E-state index is 0.233. The molecule has 150 valence electrons. The Morgan fingerprint density at radius 1 is 1.07 bits per heavy atom. The molecule has 0 unspecified atom stereocenters.